The van der Waals surface area contributed by atoms with Gasteiger partial charge in [-0.3, -0.25) is 0 Å². The van der Waals surface area contributed by atoms with Gasteiger partial charge in [0.25, 0.3) is 6.01 Å². The Morgan fingerprint density at radius 1 is 1.11 bits per heavy atom. The van der Waals surface area contributed by atoms with Gasteiger partial charge in [0.15, 0.2) is 0 Å². The van der Waals surface area contributed by atoms with Crippen molar-refractivity contribution >= 4 is 0 Å². The van der Waals surface area contributed by atoms with Gasteiger partial charge in [-0.15, -0.1) is 0 Å². The molecule has 0 amide bonds. The van der Waals surface area contributed by atoms with E-state index in [2.05, 4.69) is 34.2 Å². The van der Waals surface area contributed by atoms with E-state index in [9.17, 15) is 0 Å². The van der Waals surface area contributed by atoms with Crippen LogP contribution >= 0.6 is 0 Å². The molecule has 1 saturated carbocycles. The number of hydrogen-bond donors (Lipinski definition) is 1. The van der Waals surface area contributed by atoms with Crippen LogP contribution in [0.3, 0.4) is 0 Å². The predicted molar refractivity (Wildman–Crippen MR) is 76.4 cm³/mol. The van der Waals surface area contributed by atoms with Crippen molar-refractivity contribution in [3.05, 3.63) is 36.0 Å². The number of aromatic nitrogens is 2. The summed E-state index contributed by atoms with van der Waals surface area (Å²) in [4.78, 5) is 7.29. The van der Waals surface area contributed by atoms with Crippen LogP contribution in [0.15, 0.2) is 30.5 Å². The maximum atomic E-state index is 5.07. The fourth-order valence-electron chi connectivity index (χ4n) is 2.92. The van der Waals surface area contributed by atoms with E-state index < -0.39 is 0 Å². The number of rotatable bonds is 3. The third kappa shape index (κ3) is 2.65. The summed E-state index contributed by atoms with van der Waals surface area (Å²) in [5, 5.41) is 0. The van der Waals surface area contributed by atoms with Gasteiger partial charge in [-0.2, -0.15) is 0 Å². The molecular formula is C16H20N2O. The molecular weight excluding hydrogens is 236 g/mol. The van der Waals surface area contributed by atoms with Crippen molar-refractivity contribution in [2.75, 3.05) is 7.11 Å². The summed E-state index contributed by atoms with van der Waals surface area (Å²) in [5.41, 5.74) is 3.65. The Labute approximate surface area is 114 Å². The lowest BCUT2D eigenvalue weighted by molar-refractivity contribution is 0.384. The van der Waals surface area contributed by atoms with Gasteiger partial charge >= 0.3 is 0 Å². The van der Waals surface area contributed by atoms with E-state index in [-0.39, 0.29) is 0 Å². The van der Waals surface area contributed by atoms with Crippen LogP contribution in [-0.4, -0.2) is 17.1 Å². The molecule has 0 aliphatic heterocycles. The third-order valence-corrected chi connectivity index (χ3v) is 4.04. The van der Waals surface area contributed by atoms with E-state index in [0.717, 1.165) is 17.2 Å². The second-order valence-corrected chi connectivity index (χ2v) is 5.26. The van der Waals surface area contributed by atoms with E-state index in [1.54, 1.807) is 7.11 Å². The molecule has 100 valence electrons. The molecule has 3 nitrogen and oxygen atoms in total. The lowest BCUT2D eigenvalue weighted by Gasteiger charge is -2.22. The van der Waals surface area contributed by atoms with Crippen LogP contribution in [0.2, 0.25) is 0 Å². The second-order valence-electron chi connectivity index (χ2n) is 5.26. The monoisotopic (exact) mass is 256 g/mol. The van der Waals surface area contributed by atoms with Crippen molar-refractivity contribution in [1.29, 1.82) is 0 Å². The first-order valence-corrected chi connectivity index (χ1v) is 7.06. The van der Waals surface area contributed by atoms with Crippen molar-refractivity contribution in [1.82, 2.24) is 9.97 Å². The first-order valence-electron chi connectivity index (χ1n) is 7.06. The first kappa shape index (κ1) is 12.3. The average molecular weight is 256 g/mol. The molecule has 0 bridgehead atoms. The van der Waals surface area contributed by atoms with E-state index in [1.165, 1.54) is 37.7 Å². The fourth-order valence-corrected chi connectivity index (χ4v) is 2.92. The molecule has 1 heterocycles. The molecule has 1 fully saturated rings. The quantitative estimate of drug-likeness (QED) is 0.896. The predicted octanol–water partition coefficient (Wildman–Crippen LogP) is 4.13. The summed E-state index contributed by atoms with van der Waals surface area (Å²) in [7, 11) is 1.62. The number of benzene rings is 1. The Morgan fingerprint density at radius 3 is 2.47 bits per heavy atom. The van der Waals surface area contributed by atoms with Gasteiger partial charge in [-0.25, -0.2) is 4.98 Å². The number of methoxy groups -OCH3 is 1. The highest BCUT2D eigenvalue weighted by atomic mass is 16.5. The molecule has 0 atom stereocenters. The Kier molecular flexibility index (Phi) is 3.53. The minimum Gasteiger partial charge on any atom is -0.468 e. The van der Waals surface area contributed by atoms with Gasteiger partial charge in [0.1, 0.15) is 0 Å². The van der Waals surface area contributed by atoms with Crippen molar-refractivity contribution < 1.29 is 4.74 Å². The summed E-state index contributed by atoms with van der Waals surface area (Å²) in [6, 6.07) is 9.44. The normalized spacial score (nSPS) is 16.5. The van der Waals surface area contributed by atoms with Crippen LogP contribution in [-0.2, 0) is 0 Å². The van der Waals surface area contributed by atoms with Crippen LogP contribution in [0.4, 0.5) is 0 Å². The maximum absolute atomic E-state index is 5.07. The summed E-state index contributed by atoms with van der Waals surface area (Å²) in [6.07, 6.45) is 8.67. The van der Waals surface area contributed by atoms with E-state index >= 15 is 0 Å². The summed E-state index contributed by atoms with van der Waals surface area (Å²) in [5.74, 6) is 0.763. The summed E-state index contributed by atoms with van der Waals surface area (Å²) >= 11 is 0. The zero-order chi connectivity index (χ0) is 13.1. The molecule has 19 heavy (non-hydrogen) atoms. The Balaban J connectivity index is 1.78. The first-order chi connectivity index (χ1) is 9.36. The van der Waals surface area contributed by atoms with E-state index in [4.69, 9.17) is 4.74 Å². The number of aromatic amines is 1. The molecule has 1 aromatic carbocycles. The number of hydrogen-bond acceptors (Lipinski definition) is 2. The topological polar surface area (TPSA) is 37.9 Å². The molecule has 0 saturated heterocycles. The lowest BCUT2D eigenvalue weighted by atomic mass is 9.84. The van der Waals surface area contributed by atoms with Gasteiger partial charge in [0, 0.05) is 0 Å². The molecule has 1 N–H and O–H groups in total. The molecule has 1 aromatic heterocycles. The smallest absolute Gasteiger partial charge is 0.293 e. The van der Waals surface area contributed by atoms with Crippen LogP contribution in [0.5, 0.6) is 6.01 Å². The van der Waals surface area contributed by atoms with Crippen molar-refractivity contribution in [3.8, 4) is 17.3 Å². The molecule has 0 spiro atoms. The standard InChI is InChI=1S/C16H20N2O/c1-19-16-17-11-15(18-16)14-9-7-13(8-10-14)12-5-3-2-4-6-12/h7-12H,2-6H2,1H3,(H,17,18). The number of nitrogens with zero attached hydrogens (tertiary/aromatic N) is 1. The number of H-pyrrole nitrogens is 1. The number of nitrogens with one attached hydrogen (secondary N) is 1. The van der Waals surface area contributed by atoms with Gasteiger partial charge in [-0.1, -0.05) is 43.5 Å². The molecule has 1 aliphatic carbocycles. The largest absolute Gasteiger partial charge is 0.468 e. The average Bonchev–Trinajstić information content (AvgIpc) is 2.97. The minimum atomic E-state index is 0.561. The zero-order valence-electron chi connectivity index (χ0n) is 11.4. The fraction of sp³-hybridized carbons (Fsp3) is 0.438. The Bertz CT molecular complexity index is 524. The molecule has 2 aromatic rings. The lowest BCUT2D eigenvalue weighted by Crippen LogP contribution is -2.04. The van der Waals surface area contributed by atoms with Gasteiger partial charge in [-0.05, 0) is 29.9 Å². The van der Waals surface area contributed by atoms with Gasteiger partial charge in [0.2, 0.25) is 0 Å². The summed E-state index contributed by atoms with van der Waals surface area (Å²) in [6.45, 7) is 0. The molecule has 3 heteroatoms. The minimum absolute atomic E-state index is 0.561. The zero-order valence-corrected chi connectivity index (χ0v) is 11.4. The highest BCUT2D eigenvalue weighted by Gasteiger charge is 2.15. The van der Waals surface area contributed by atoms with E-state index in [1.807, 2.05) is 6.20 Å². The number of imidazole rings is 1. The van der Waals surface area contributed by atoms with Crippen molar-refractivity contribution in [2.24, 2.45) is 0 Å². The SMILES string of the molecule is COc1ncc(-c2ccc(C3CCCCC3)cc2)[nH]1. The van der Waals surface area contributed by atoms with Crippen LogP contribution in [0, 0.1) is 0 Å². The van der Waals surface area contributed by atoms with Gasteiger partial charge in [0.05, 0.1) is 19.0 Å². The molecule has 0 radical (unpaired) electrons. The van der Waals surface area contributed by atoms with E-state index in [0.29, 0.717) is 6.01 Å². The molecule has 3 rings (SSSR count). The van der Waals surface area contributed by atoms with Crippen molar-refractivity contribution in [2.45, 2.75) is 38.0 Å². The molecule has 1 aliphatic rings. The number of ether oxygens (including phenoxy) is 1. The third-order valence-electron chi connectivity index (χ3n) is 4.04. The highest BCUT2D eigenvalue weighted by molar-refractivity contribution is 5.59. The second kappa shape index (κ2) is 5.47. The molecule has 0 unspecified atom stereocenters. The van der Waals surface area contributed by atoms with Crippen LogP contribution in [0.1, 0.15) is 43.6 Å². The highest BCUT2D eigenvalue weighted by Crippen LogP contribution is 2.33. The summed E-state index contributed by atoms with van der Waals surface area (Å²) < 4.78 is 5.07. The Hall–Kier alpha value is -1.77. The van der Waals surface area contributed by atoms with Crippen molar-refractivity contribution in [3.63, 3.8) is 0 Å². The Morgan fingerprint density at radius 2 is 1.84 bits per heavy atom. The maximum Gasteiger partial charge on any atom is 0.293 e. The van der Waals surface area contributed by atoms with Gasteiger partial charge < -0.3 is 9.72 Å². The van der Waals surface area contributed by atoms with Crippen LogP contribution < -0.4 is 4.74 Å². The van der Waals surface area contributed by atoms with Crippen LogP contribution in [0.25, 0.3) is 11.3 Å².